The Bertz CT molecular complexity index is 396. The van der Waals surface area contributed by atoms with Crippen molar-refractivity contribution in [2.75, 3.05) is 18.0 Å². The van der Waals surface area contributed by atoms with Crippen LogP contribution in [0.3, 0.4) is 0 Å². The normalized spacial score (nSPS) is 28.9. The number of halogens is 1. The Morgan fingerprint density at radius 3 is 2.82 bits per heavy atom. The van der Waals surface area contributed by atoms with Crippen molar-refractivity contribution >= 4 is 21.7 Å². The van der Waals surface area contributed by atoms with Crippen LogP contribution < -0.4 is 4.90 Å². The minimum absolute atomic E-state index is 0.888. The summed E-state index contributed by atoms with van der Waals surface area (Å²) in [5.74, 6) is 2.93. The molecule has 2 unspecified atom stereocenters. The summed E-state index contributed by atoms with van der Waals surface area (Å²) in [4.78, 5) is 10.9. The first-order valence-electron chi connectivity index (χ1n) is 6.55. The van der Waals surface area contributed by atoms with Crippen LogP contribution in [0.1, 0.15) is 32.1 Å². The standard InChI is InChI=1S/C13H18BrN3/c14-12-7-15-9-16-13(12)17-6-5-10-3-1-2-4-11(10)8-17/h7,9-11H,1-6,8H2. The third-order valence-electron chi connectivity index (χ3n) is 4.24. The molecule has 92 valence electrons. The van der Waals surface area contributed by atoms with Crippen LogP contribution in [-0.4, -0.2) is 23.1 Å². The van der Waals surface area contributed by atoms with Crippen LogP contribution in [0, 0.1) is 11.8 Å². The van der Waals surface area contributed by atoms with Crippen molar-refractivity contribution < 1.29 is 0 Å². The lowest BCUT2D eigenvalue weighted by atomic mass is 9.75. The van der Waals surface area contributed by atoms with Crippen LogP contribution >= 0.6 is 15.9 Å². The van der Waals surface area contributed by atoms with Gasteiger partial charge in [-0.1, -0.05) is 19.3 Å². The Morgan fingerprint density at radius 2 is 2.00 bits per heavy atom. The SMILES string of the molecule is Brc1cncnc1N1CCC2CCCCC2C1. The first kappa shape index (κ1) is 11.5. The second kappa shape index (κ2) is 4.92. The lowest BCUT2D eigenvalue weighted by Gasteiger charge is -2.41. The molecule has 1 aromatic heterocycles. The average Bonchev–Trinajstić information content (AvgIpc) is 2.39. The smallest absolute Gasteiger partial charge is 0.146 e. The monoisotopic (exact) mass is 295 g/mol. The number of fused-ring (bicyclic) bond motifs is 1. The molecule has 0 spiro atoms. The van der Waals surface area contributed by atoms with Crippen molar-refractivity contribution in [3.8, 4) is 0 Å². The van der Waals surface area contributed by atoms with Crippen molar-refractivity contribution in [2.45, 2.75) is 32.1 Å². The summed E-state index contributed by atoms with van der Waals surface area (Å²) < 4.78 is 1.02. The lowest BCUT2D eigenvalue weighted by Crippen LogP contribution is -2.42. The van der Waals surface area contributed by atoms with Crippen molar-refractivity contribution in [2.24, 2.45) is 11.8 Å². The number of rotatable bonds is 1. The summed E-state index contributed by atoms with van der Waals surface area (Å²) in [6, 6.07) is 0. The molecule has 1 saturated heterocycles. The van der Waals surface area contributed by atoms with Gasteiger partial charge in [-0.25, -0.2) is 9.97 Å². The van der Waals surface area contributed by atoms with Gasteiger partial charge in [-0.15, -0.1) is 0 Å². The van der Waals surface area contributed by atoms with Gasteiger partial charge in [0.15, 0.2) is 0 Å². The van der Waals surface area contributed by atoms with E-state index in [-0.39, 0.29) is 0 Å². The minimum atomic E-state index is 0.888. The van der Waals surface area contributed by atoms with E-state index in [4.69, 9.17) is 0 Å². The van der Waals surface area contributed by atoms with Gasteiger partial charge in [-0.2, -0.15) is 0 Å². The highest BCUT2D eigenvalue weighted by atomic mass is 79.9. The van der Waals surface area contributed by atoms with Gasteiger partial charge in [-0.05, 0) is 40.6 Å². The maximum Gasteiger partial charge on any atom is 0.146 e. The summed E-state index contributed by atoms with van der Waals surface area (Å²) in [5, 5.41) is 0. The summed E-state index contributed by atoms with van der Waals surface area (Å²) in [7, 11) is 0. The van der Waals surface area contributed by atoms with Gasteiger partial charge in [0.2, 0.25) is 0 Å². The van der Waals surface area contributed by atoms with Crippen molar-refractivity contribution in [3.05, 3.63) is 17.0 Å². The van der Waals surface area contributed by atoms with Crippen LogP contribution in [0.15, 0.2) is 17.0 Å². The fraction of sp³-hybridized carbons (Fsp3) is 0.692. The van der Waals surface area contributed by atoms with E-state index >= 15 is 0 Å². The van der Waals surface area contributed by atoms with Crippen LogP contribution in [0.2, 0.25) is 0 Å². The zero-order valence-electron chi connectivity index (χ0n) is 9.98. The Kier molecular flexibility index (Phi) is 3.32. The summed E-state index contributed by atoms with van der Waals surface area (Å²) in [6.07, 6.45) is 10.5. The Labute approximate surface area is 111 Å². The molecule has 1 aliphatic heterocycles. The second-order valence-electron chi connectivity index (χ2n) is 5.23. The lowest BCUT2D eigenvalue weighted by molar-refractivity contribution is 0.202. The third kappa shape index (κ3) is 2.32. The molecule has 0 bridgehead atoms. The number of aromatic nitrogens is 2. The van der Waals surface area contributed by atoms with Gasteiger partial charge in [0.05, 0.1) is 4.47 Å². The quantitative estimate of drug-likeness (QED) is 0.796. The molecule has 2 fully saturated rings. The molecule has 1 aromatic rings. The van der Waals surface area contributed by atoms with Gasteiger partial charge in [0.25, 0.3) is 0 Å². The molecule has 17 heavy (non-hydrogen) atoms. The maximum absolute atomic E-state index is 4.41. The Balaban J connectivity index is 1.76. The fourth-order valence-corrected chi connectivity index (χ4v) is 3.80. The first-order chi connectivity index (χ1) is 8.34. The van der Waals surface area contributed by atoms with Crippen LogP contribution in [0.4, 0.5) is 5.82 Å². The molecule has 4 heteroatoms. The predicted molar refractivity (Wildman–Crippen MR) is 72.0 cm³/mol. The molecule has 1 aliphatic carbocycles. The van der Waals surface area contributed by atoms with Gasteiger partial charge in [0, 0.05) is 19.3 Å². The third-order valence-corrected chi connectivity index (χ3v) is 4.80. The average molecular weight is 296 g/mol. The summed E-state index contributed by atoms with van der Waals surface area (Å²) in [5.41, 5.74) is 0. The molecule has 3 nitrogen and oxygen atoms in total. The van der Waals surface area contributed by atoms with E-state index in [1.165, 1.54) is 38.6 Å². The molecule has 0 aromatic carbocycles. The van der Waals surface area contributed by atoms with Crippen molar-refractivity contribution in [1.29, 1.82) is 0 Å². The van der Waals surface area contributed by atoms with E-state index in [0.717, 1.165) is 28.7 Å². The molecule has 2 heterocycles. The topological polar surface area (TPSA) is 29.0 Å². The number of hydrogen-bond acceptors (Lipinski definition) is 3. The number of anilines is 1. The van der Waals surface area contributed by atoms with E-state index in [9.17, 15) is 0 Å². The van der Waals surface area contributed by atoms with Gasteiger partial charge in [-0.3, -0.25) is 0 Å². The molecular weight excluding hydrogens is 278 g/mol. The molecule has 1 saturated carbocycles. The van der Waals surface area contributed by atoms with Crippen molar-refractivity contribution in [1.82, 2.24) is 9.97 Å². The molecule has 0 N–H and O–H groups in total. The van der Waals surface area contributed by atoms with Crippen LogP contribution in [-0.2, 0) is 0 Å². The summed E-state index contributed by atoms with van der Waals surface area (Å²) in [6.45, 7) is 2.33. The van der Waals surface area contributed by atoms with Gasteiger partial charge >= 0.3 is 0 Å². The zero-order valence-corrected chi connectivity index (χ0v) is 11.6. The highest BCUT2D eigenvalue weighted by Gasteiger charge is 2.31. The van der Waals surface area contributed by atoms with E-state index in [2.05, 4.69) is 30.8 Å². The van der Waals surface area contributed by atoms with Gasteiger partial charge in [0.1, 0.15) is 12.1 Å². The zero-order chi connectivity index (χ0) is 11.7. The second-order valence-corrected chi connectivity index (χ2v) is 6.09. The molecule has 0 amide bonds. The molecule has 3 rings (SSSR count). The largest absolute Gasteiger partial charge is 0.355 e. The molecule has 0 radical (unpaired) electrons. The van der Waals surface area contributed by atoms with Crippen LogP contribution in [0.5, 0.6) is 0 Å². The molecular formula is C13H18BrN3. The van der Waals surface area contributed by atoms with Crippen molar-refractivity contribution in [3.63, 3.8) is 0 Å². The van der Waals surface area contributed by atoms with Gasteiger partial charge < -0.3 is 4.90 Å². The Morgan fingerprint density at radius 1 is 1.18 bits per heavy atom. The van der Waals surface area contributed by atoms with E-state index < -0.39 is 0 Å². The number of nitrogens with zero attached hydrogens (tertiary/aromatic N) is 3. The number of piperidine rings is 1. The predicted octanol–water partition coefficient (Wildman–Crippen LogP) is 3.26. The maximum atomic E-state index is 4.41. The fourth-order valence-electron chi connectivity index (χ4n) is 3.33. The highest BCUT2D eigenvalue weighted by molar-refractivity contribution is 9.10. The minimum Gasteiger partial charge on any atom is -0.355 e. The highest BCUT2D eigenvalue weighted by Crippen LogP contribution is 2.38. The molecule has 2 atom stereocenters. The number of hydrogen-bond donors (Lipinski definition) is 0. The van der Waals surface area contributed by atoms with E-state index in [1.54, 1.807) is 6.33 Å². The summed E-state index contributed by atoms with van der Waals surface area (Å²) >= 11 is 3.55. The van der Waals surface area contributed by atoms with Crippen LogP contribution in [0.25, 0.3) is 0 Å². The molecule has 2 aliphatic rings. The van der Waals surface area contributed by atoms with E-state index in [1.807, 2.05) is 6.20 Å². The Hall–Kier alpha value is -0.640. The van der Waals surface area contributed by atoms with E-state index in [0.29, 0.717) is 0 Å². The first-order valence-corrected chi connectivity index (χ1v) is 7.34.